The smallest absolute Gasteiger partial charge is 0.410 e. The van der Waals surface area contributed by atoms with Crippen molar-refractivity contribution >= 4 is 15.1 Å². The first-order valence-electron chi connectivity index (χ1n) is 11.5. The Labute approximate surface area is 196 Å². The standard InChI is InChI=1S/C27H40NO3Si/c1-10-28(25(29)30-11-2)27(7,8)23-16-15-20(3)24(18-23)22-14-12-13-21(17-22)19-31-32(9)26(4,5)6/h12-18H,10-11,19H2,1-9H3. The summed E-state index contributed by atoms with van der Waals surface area (Å²) in [7, 11) is -0.888. The highest BCUT2D eigenvalue weighted by Gasteiger charge is 2.33. The molecular formula is C27H40NO3Si. The lowest BCUT2D eigenvalue weighted by atomic mass is 9.88. The van der Waals surface area contributed by atoms with E-state index in [2.05, 4.69) is 90.6 Å². The summed E-state index contributed by atoms with van der Waals surface area (Å²) in [6.45, 7) is 20.6. The summed E-state index contributed by atoms with van der Waals surface area (Å²) < 4.78 is 11.5. The first-order valence-corrected chi connectivity index (χ1v) is 13.4. The first-order chi connectivity index (χ1) is 14.9. The monoisotopic (exact) mass is 454 g/mol. The maximum absolute atomic E-state index is 12.6. The Morgan fingerprint density at radius 3 is 2.31 bits per heavy atom. The van der Waals surface area contributed by atoms with Crippen molar-refractivity contribution < 1.29 is 14.0 Å². The molecule has 0 atom stereocenters. The minimum absolute atomic E-state index is 0.211. The third-order valence-corrected chi connectivity index (χ3v) is 8.86. The van der Waals surface area contributed by atoms with Gasteiger partial charge < -0.3 is 9.16 Å². The summed E-state index contributed by atoms with van der Waals surface area (Å²) in [5.41, 5.74) is 5.33. The number of hydrogen-bond donors (Lipinski definition) is 0. The number of nitrogens with zero attached hydrogens (tertiary/aromatic N) is 1. The quantitative estimate of drug-likeness (QED) is 0.392. The van der Waals surface area contributed by atoms with Gasteiger partial charge in [-0.1, -0.05) is 51.1 Å². The van der Waals surface area contributed by atoms with Crippen LogP contribution in [0.1, 0.15) is 65.2 Å². The van der Waals surface area contributed by atoms with Gasteiger partial charge in [0.05, 0.1) is 18.8 Å². The lowest BCUT2D eigenvalue weighted by Gasteiger charge is -2.38. The molecular weight excluding hydrogens is 414 g/mol. The first kappa shape index (κ1) is 26.1. The van der Waals surface area contributed by atoms with E-state index in [0.717, 1.165) is 5.56 Å². The van der Waals surface area contributed by atoms with Crippen molar-refractivity contribution in [2.24, 2.45) is 0 Å². The van der Waals surface area contributed by atoms with Crippen molar-refractivity contribution in [3.05, 3.63) is 59.2 Å². The number of rotatable bonds is 8. The lowest BCUT2D eigenvalue weighted by Crippen LogP contribution is -2.45. The van der Waals surface area contributed by atoms with Crippen LogP contribution in [0.25, 0.3) is 11.1 Å². The third kappa shape index (κ3) is 6.23. The van der Waals surface area contributed by atoms with E-state index in [0.29, 0.717) is 19.8 Å². The Hall–Kier alpha value is -2.11. The molecule has 0 saturated heterocycles. The zero-order valence-corrected chi connectivity index (χ0v) is 22.3. The van der Waals surface area contributed by atoms with Crippen LogP contribution in [0.2, 0.25) is 11.6 Å². The summed E-state index contributed by atoms with van der Waals surface area (Å²) in [6, 6.07) is 15.1. The van der Waals surface area contributed by atoms with Crippen LogP contribution in [0.3, 0.4) is 0 Å². The highest BCUT2D eigenvalue weighted by atomic mass is 28.3. The molecule has 5 heteroatoms. The molecule has 0 bridgehead atoms. The molecule has 0 fully saturated rings. The Morgan fingerprint density at radius 1 is 1.03 bits per heavy atom. The highest BCUT2D eigenvalue weighted by Crippen LogP contribution is 2.34. The van der Waals surface area contributed by atoms with Gasteiger partial charge in [-0.2, -0.15) is 0 Å². The van der Waals surface area contributed by atoms with Crippen molar-refractivity contribution in [2.45, 2.75) is 79.1 Å². The van der Waals surface area contributed by atoms with Gasteiger partial charge >= 0.3 is 6.09 Å². The van der Waals surface area contributed by atoms with Crippen molar-refractivity contribution in [3.63, 3.8) is 0 Å². The summed E-state index contributed by atoms with van der Waals surface area (Å²) in [6.07, 6.45) is -0.280. The molecule has 0 aromatic heterocycles. The van der Waals surface area contributed by atoms with Crippen molar-refractivity contribution in [3.8, 4) is 11.1 Å². The molecule has 1 amide bonds. The van der Waals surface area contributed by atoms with E-state index >= 15 is 0 Å². The summed E-state index contributed by atoms with van der Waals surface area (Å²) in [5.74, 6) is 0. The molecule has 4 nitrogen and oxygen atoms in total. The van der Waals surface area contributed by atoms with E-state index in [-0.39, 0.29) is 11.1 Å². The Balaban J connectivity index is 2.36. The molecule has 175 valence electrons. The van der Waals surface area contributed by atoms with Gasteiger partial charge in [0.1, 0.15) is 0 Å². The normalized spacial score (nSPS) is 12.2. The van der Waals surface area contributed by atoms with Gasteiger partial charge in [-0.25, -0.2) is 4.79 Å². The van der Waals surface area contributed by atoms with E-state index in [1.807, 2.05) is 13.8 Å². The summed E-state index contributed by atoms with van der Waals surface area (Å²) in [5, 5.41) is 0.211. The molecule has 0 unspecified atom stereocenters. The topological polar surface area (TPSA) is 38.8 Å². The molecule has 0 aliphatic heterocycles. The van der Waals surface area contributed by atoms with E-state index in [9.17, 15) is 4.79 Å². The molecule has 0 saturated carbocycles. The van der Waals surface area contributed by atoms with Crippen LogP contribution in [-0.2, 0) is 21.3 Å². The maximum atomic E-state index is 12.6. The minimum Gasteiger partial charge on any atom is -0.450 e. The minimum atomic E-state index is -0.888. The zero-order chi connectivity index (χ0) is 24.1. The average molecular weight is 455 g/mol. The molecule has 32 heavy (non-hydrogen) atoms. The third-order valence-electron chi connectivity index (χ3n) is 6.17. The number of aryl methyl sites for hydroxylation is 1. The Morgan fingerprint density at radius 2 is 1.72 bits per heavy atom. The van der Waals surface area contributed by atoms with Gasteiger partial charge in [-0.15, -0.1) is 0 Å². The van der Waals surface area contributed by atoms with E-state index < -0.39 is 14.6 Å². The van der Waals surface area contributed by atoms with Crippen LogP contribution < -0.4 is 0 Å². The van der Waals surface area contributed by atoms with Crippen molar-refractivity contribution in [2.75, 3.05) is 13.2 Å². The summed E-state index contributed by atoms with van der Waals surface area (Å²) >= 11 is 0. The zero-order valence-electron chi connectivity index (χ0n) is 21.3. The lowest BCUT2D eigenvalue weighted by molar-refractivity contribution is 0.0671. The molecule has 0 N–H and O–H groups in total. The van der Waals surface area contributed by atoms with Crippen LogP contribution in [0.15, 0.2) is 42.5 Å². The van der Waals surface area contributed by atoms with E-state index in [1.165, 1.54) is 22.3 Å². The fourth-order valence-corrected chi connectivity index (χ4v) is 4.48. The van der Waals surface area contributed by atoms with Gasteiger partial charge in [-0.05, 0) is 86.2 Å². The number of carbonyl (C=O) groups excluding carboxylic acids is 1. The summed E-state index contributed by atoms with van der Waals surface area (Å²) in [4.78, 5) is 14.3. The van der Waals surface area contributed by atoms with Crippen molar-refractivity contribution in [1.29, 1.82) is 0 Å². The van der Waals surface area contributed by atoms with Gasteiger partial charge in [-0.3, -0.25) is 4.90 Å². The fourth-order valence-electron chi connectivity index (χ4n) is 3.66. The van der Waals surface area contributed by atoms with Crippen LogP contribution in [0.5, 0.6) is 0 Å². The maximum Gasteiger partial charge on any atom is 0.410 e. The van der Waals surface area contributed by atoms with Gasteiger partial charge in [0.15, 0.2) is 0 Å². The molecule has 2 rings (SSSR count). The van der Waals surface area contributed by atoms with Crippen LogP contribution in [0, 0.1) is 6.92 Å². The van der Waals surface area contributed by atoms with Gasteiger partial charge in [0.2, 0.25) is 9.04 Å². The van der Waals surface area contributed by atoms with E-state index in [1.54, 1.807) is 4.90 Å². The Kier molecular flexibility index (Phi) is 8.72. The number of hydrogen-bond acceptors (Lipinski definition) is 3. The molecule has 2 aromatic rings. The van der Waals surface area contributed by atoms with Gasteiger partial charge in [0, 0.05) is 6.54 Å². The molecule has 1 radical (unpaired) electrons. The molecule has 0 heterocycles. The number of benzene rings is 2. The van der Waals surface area contributed by atoms with Crippen molar-refractivity contribution in [1.82, 2.24) is 4.90 Å². The highest BCUT2D eigenvalue weighted by molar-refractivity contribution is 6.53. The number of amides is 1. The molecule has 0 aliphatic rings. The number of ether oxygens (including phenoxy) is 1. The average Bonchev–Trinajstić information content (AvgIpc) is 2.72. The Bertz CT molecular complexity index is 917. The van der Waals surface area contributed by atoms with E-state index in [4.69, 9.17) is 9.16 Å². The molecule has 0 spiro atoms. The molecule has 0 aliphatic carbocycles. The SMILES string of the molecule is CCOC(=O)N(CC)C(C)(C)c1ccc(C)c(-c2cccc(CO[Si](C)C(C)(C)C)c2)c1. The molecule has 2 aromatic carbocycles. The predicted octanol–water partition coefficient (Wildman–Crippen LogP) is 7.31. The van der Waals surface area contributed by atoms with Crippen LogP contribution >= 0.6 is 0 Å². The fraction of sp³-hybridized carbons (Fsp3) is 0.519. The largest absolute Gasteiger partial charge is 0.450 e. The van der Waals surface area contributed by atoms with Gasteiger partial charge in [0.25, 0.3) is 0 Å². The van der Waals surface area contributed by atoms with Crippen LogP contribution in [0.4, 0.5) is 4.79 Å². The predicted molar refractivity (Wildman–Crippen MR) is 135 cm³/mol. The second-order valence-electron chi connectivity index (χ2n) is 9.83. The second kappa shape index (κ2) is 10.7. The second-order valence-corrected chi connectivity index (χ2v) is 12.7. The number of carbonyl (C=O) groups is 1. The van der Waals surface area contributed by atoms with Crippen LogP contribution in [-0.4, -0.2) is 33.2 Å².